The van der Waals surface area contributed by atoms with Crippen molar-refractivity contribution in [1.82, 2.24) is 4.98 Å². The molecular weight excluding hydrogens is 587 g/mol. The molecule has 0 N–H and O–H groups in total. The van der Waals surface area contributed by atoms with E-state index in [1.54, 1.807) is 0 Å². The van der Waals surface area contributed by atoms with Crippen LogP contribution in [0.3, 0.4) is 0 Å². The summed E-state index contributed by atoms with van der Waals surface area (Å²) in [5.41, 5.74) is 8.14. The summed E-state index contributed by atoms with van der Waals surface area (Å²) in [7, 11) is 0. The van der Waals surface area contributed by atoms with Crippen LogP contribution in [-0.2, 0) is 0 Å². The van der Waals surface area contributed by atoms with Gasteiger partial charge in [-0.3, -0.25) is 0 Å². The minimum absolute atomic E-state index is 1.02. The van der Waals surface area contributed by atoms with Crippen LogP contribution >= 0.6 is 11.3 Å². The van der Waals surface area contributed by atoms with Crippen molar-refractivity contribution < 1.29 is 0 Å². The molecule has 2 heteroatoms. The molecule has 2 heterocycles. The van der Waals surface area contributed by atoms with Crippen LogP contribution in [0.5, 0.6) is 0 Å². The number of aromatic nitrogens is 1. The van der Waals surface area contributed by atoms with Gasteiger partial charge in [-0.05, 0) is 62.0 Å². The van der Waals surface area contributed by atoms with Gasteiger partial charge in [0.15, 0.2) is 0 Å². The van der Waals surface area contributed by atoms with Gasteiger partial charge in [-0.25, -0.2) is 4.98 Å². The summed E-state index contributed by atoms with van der Waals surface area (Å²) in [6.07, 6.45) is 0. The largest absolute Gasteiger partial charge is 0.247 e. The van der Waals surface area contributed by atoms with E-state index >= 15 is 0 Å². The zero-order valence-corrected chi connectivity index (χ0v) is 26.3. The molecule has 0 spiro atoms. The Morgan fingerprint density at radius 1 is 0.362 bits per heavy atom. The quantitative estimate of drug-likeness (QED) is 0.143. The van der Waals surface area contributed by atoms with E-state index in [0.29, 0.717) is 0 Å². The molecule has 0 aliphatic carbocycles. The van der Waals surface area contributed by atoms with Gasteiger partial charge in [0.2, 0.25) is 0 Å². The predicted molar refractivity (Wildman–Crippen MR) is 203 cm³/mol. The van der Waals surface area contributed by atoms with Crippen LogP contribution < -0.4 is 0 Å². The molecule has 47 heavy (non-hydrogen) atoms. The number of hydrogen-bond donors (Lipinski definition) is 0. The molecule has 2 aromatic heterocycles. The van der Waals surface area contributed by atoms with E-state index in [1.165, 1.54) is 80.1 Å². The van der Waals surface area contributed by atoms with Gasteiger partial charge >= 0.3 is 0 Å². The standard InChI is InChI=1S/C45H27NS/c1-2-13-28(14-3-1)41-32-18-4-6-20-34(32)42(35-21-7-5-19-33(35)41)29-15-12-16-30(27-29)44-38-26-25-36-31-17-9-11-24-40(31)47-45(36)43(38)37-22-8-10-23-39(37)46-44/h1-27H. The Labute approximate surface area is 276 Å². The number of benzene rings is 8. The molecule has 0 unspecified atom stereocenters. The number of hydrogen-bond acceptors (Lipinski definition) is 2. The highest BCUT2D eigenvalue weighted by Gasteiger charge is 2.19. The Morgan fingerprint density at radius 3 is 1.62 bits per heavy atom. The molecule has 0 radical (unpaired) electrons. The van der Waals surface area contributed by atoms with Crippen molar-refractivity contribution in [3.63, 3.8) is 0 Å². The van der Waals surface area contributed by atoms with Crippen molar-refractivity contribution in [1.29, 1.82) is 0 Å². The maximum atomic E-state index is 5.35. The molecule has 0 saturated carbocycles. The Kier molecular flexibility index (Phi) is 5.81. The Hall–Kier alpha value is -5.83. The predicted octanol–water partition coefficient (Wildman–Crippen LogP) is 13.1. The summed E-state index contributed by atoms with van der Waals surface area (Å²) >= 11 is 1.88. The van der Waals surface area contributed by atoms with Crippen LogP contribution in [0.15, 0.2) is 164 Å². The van der Waals surface area contributed by atoms with Crippen LogP contribution in [0.1, 0.15) is 0 Å². The number of nitrogens with zero attached hydrogens (tertiary/aromatic N) is 1. The second-order valence-electron chi connectivity index (χ2n) is 12.2. The first-order chi connectivity index (χ1) is 23.3. The molecule has 0 atom stereocenters. The molecule has 0 amide bonds. The third kappa shape index (κ3) is 3.99. The number of rotatable bonds is 3. The molecule has 0 bridgehead atoms. The summed E-state index contributed by atoms with van der Waals surface area (Å²) in [4.78, 5) is 5.35. The first kappa shape index (κ1) is 26.4. The van der Waals surface area contributed by atoms with Crippen LogP contribution in [0.2, 0.25) is 0 Å². The smallest absolute Gasteiger partial charge is 0.0788 e. The number of fused-ring (bicyclic) bond motifs is 9. The molecule has 10 rings (SSSR count). The highest BCUT2D eigenvalue weighted by molar-refractivity contribution is 7.26. The molecular formula is C45H27NS. The van der Waals surface area contributed by atoms with E-state index in [2.05, 4.69) is 164 Å². The topological polar surface area (TPSA) is 12.9 Å². The normalized spacial score (nSPS) is 11.8. The lowest BCUT2D eigenvalue weighted by atomic mass is 9.85. The third-order valence-electron chi connectivity index (χ3n) is 9.63. The van der Waals surface area contributed by atoms with E-state index in [1.807, 2.05) is 11.3 Å². The van der Waals surface area contributed by atoms with Gasteiger partial charge in [0, 0.05) is 41.9 Å². The second kappa shape index (κ2) is 10.3. The van der Waals surface area contributed by atoms with Crippen molar-refractivity contribution in [3.8, 4) is 33.5 Å². The van der Waals surface area contributed by atoms with Gasteiger partial charge in [-0.2, -0.15) is 0 Å². The monoisotopic (exact) mass is 613 g/mol. The van der Waals surface area contributed by atoms with Crippen LogP contribution in [0.25, 0.3) is 96.9 Å². The maximum Gasteiger partial charge on any atom is 0.0788 e. The maximum absolute atomic E-state index is 5.35. The number of para-hydroxylation sites is 1. The van der Waals surface area contributed by atoms with E-state index in [0.717, 1.165) is 16.8 Å². The van der Waals surface area contributed by atoms with Crippen molar-refractivity contribution in [3.05, 3.63) is 164 Å². The molecule has 1 nitrogen and oxygen atoms in total. The first-order valence-corrected chi connectivity index (χ1v) is 16.9. The average molecular weight is 614 g/mol. The molecule has 0 aliphatic heterocycles. The molecule has 8 aromatic carbocycles. The lowest BCUT2D eigenvalue weighted by Crippen LogP contribution is -1.92. The number of pyridine rings is 1. The van der Waals surface area contributed by atoms with Crippen molar-refractivity contribution in [2.24, 2.45) is 0 Å². The van der Waals surface area contributed by atoms with E-state index in [9.17, 15) is 0 Å². The Balaban J connectivity index is 1.27. The summed E-state index contributed by atoms with van der Waals surface area (Å²) in [5.74, 6) is 0. The molecule has 0 fully saturated rings. The Bertz CT molecular complexity index is 2790. The van der Waals surface area contributed by atoms with Gasteiger partial charge in [-0.1, -0.05) is 146 Å². The summed E-state index contributed by atoms with van der Waals surface area (Å²) in [5, 5.41) is 11.3. The average Bonchev–Trinajstić information content (AvgIpc) is 3.53. The first-order valence-electron chi connectivity index (χ1n) is 16.1. The van der Waals surface area contributed by atoms with E-state index in [-0.39, 0.29) is 0 Å². The number of thiophene rings is 1. The summed E-state index contributed by atoms with van der Waals surface area (Å²) in [6.45, 7) is 0. The van der Waals surface area contributed by atoms with Crippen LogP contribution in [-0.4, -0.2) is 4.98 Å². The lowest BCUT2D eigenvalue weighted by molar-refractivity contribution is 1.43. The summed E-state index contributed by atoms with van der Waals surface area (Å²) < 4.78 is 2.64. The van der Waals surface area contributed by atoms with Crippen molar-refractivity contribution in [2.45, 2.75) is 0 Å². The van der Waals surface area contributed by atoms with Crippen LogP contribution in [0, 0.1) is 0 Å². The minimum atomic E-state index is 1.02. The van der Waals surface area contributed by atoms with Crippen LogP contribution in [0.4, 0.5) is 0 Å². The zero-order valence-electron chi connectivity index (χ0n) is 25.4. The highest BCUT2D eigenvalue weighted by atomic mass is 32.1. The van der Waals surface area contributed by atoms with E-state index in [4.69, 9.17) is 4.98 Å². The van der Waals surface area contributed by atoms with Gasteiger partial charge in [0.1, 0.15) is 0 Å². The van der Waals surface area contributed by atoms with Crippen molar-refractivity contribution in [2.75, 3.05) is 0 Å². The van der Waals surface area contributed by atoms with Gasteiger partial charge in [-0.15, -0.1) is 11.3 Å². The minimum Gasteiger partial charge on any atom is -0.247 e. The van der Waals surface area contributed by atoms with Crippen molar-refractivity contribution >= 4 is 74.7 Å². The van der Waals surface area contributed by atoms with E-state index < -0.39 is 0 Å². The fraction of sp³-hybridized carbons (Fsp3) is 0. The van der Waals surface area contributed by atoms with Gasteiger partial charge in [0.25, 0.3) is 0 Å². The summed E-state index contributed by atoms with van der Waals surface area (Å²) in [6, 6.07) is 59.5. The third-order valence-corrected chi connectivity index (χ3v) is 10.8. The zero-order chi connectivity index (χ0) is 30.9. The van der Waals surface area contributed by atoms with Gasteiger partial charge < -0.3 is 0 Å². The molecule has 10 aromatic rings. The fourth-order valence-corrected chi connectivity index (χ4v) is 8.88. The lowest BCUT2D eigenvalue weighted by Gasteiger charge is -2.18. The fourth-order valence-electron chi connectivity index (χ4n) is 7.61. The highest BCUT2D eigenvalue weighted by Crippen LogP contribution is 2.46. The molecule has 218 valence electrons. The Morgan fingerprint density at radius 2 is 0.894 bits per heavy atom. The van der Waals surface area contributed by atoms with Gasteiger partial charge in [0.05, 0.1) is 11.2 Å². The SMILES string of the molecule is c1ccc(-c2c3ccccc3c(-c3cccc(-c4nc5ccccc5c5c4ccc4c6ccccc6sc45)c3)c3ccccc23)cc1. The molecule has 0 aliphatic rings. The molecule has 0 saturated heterocycles. The second-order valence-corrected chi connectivity index (χ2v) is 13.3.